The van der Waals surface area contributed by atoms with Gasteiger partial charge in [0, 0.05) is 22.2 Å². The number of ether oxygens (including phenoxy) is 1. The van der Waals surface area contributed by atoms with Gasteiger partial charge in [-0.25, -0.2) is 4.68 Å². The van der Waals surface area contributed by atoms with Gasteiger partial charge in [-0.15, -0.1) is 0 Å². The van der Waals surface area contributed by atoms with Gasteiger partial charge in [-0.05, 0) is 49.9 Å². The summed E-state index contributed by atoms with van der Waals surface area (Å²) < 4.78 is 7.70. The molecule has 4 heteroatoms. The molecule has 0 saturated heterocycles. The van der Waals surface area contributed by atoms with Gasteiger partial charge >= 0.3 is 0 Å². The Bertz CT molecular complexity index is 1220. The van der Waals surface area contributed by atoms with E-state index in [1.165, 1.54) is 33.3 Å². The monoisotopic (exact) mass is 369 g/mol. The van der Waals surface area contributed by atoms with Crippen molar-refractivity contribution in [3.8, 4) is 17.0 Å². The molecule has 4 aromatic rings. The van der Waals surface area contributed by atoms with E-state index in [0.29, 0.717) is 0 Å². The predicted molar refractivity (Wildman–Crippen MR) is 114 cm³/mol. The summed E-state index contributed by atoms with van der Waals surface area (Å²) in [5, 5.41) is 10.9. The number of nitrogens with one attached hydrogen (secondary N) is 1. The maximum Gasteiger partial charge on any atom is 0.147 e. The van der Waals surface area contributed by atoms with Gasteiger partial charge < -0.3 is 10.1 Å². The number of rotatable bonds is 2. The van der Waals surface area contributed by atoms with E-state index in [9.17, 15) is 0 Å². The van der Waals surface area contributed by atoms with Crippen molar-refractivity contribution < 1.29 is 4.74 Å². The van der Waals surface area contributed by atoms with Gasteiger partial charge in [0.1, 0.15) is 11.9 Å². The van der Waals surface area contributed by atoms with Crippen LogP contribution in [0.2, 0.25) is 0 Å². The predicted octanol–water partition coefficient (Wildman–Crippen LogP) is 5.61. The third-order valence-electron chi connectivity index (χ3n) is 5.57. The van der Waals surface area contributed by atoms with E-state index in [1.54, 1.807) is 7.11 Å². The number of nitrogens with zero attached hydrogens (tertiary/aromatic N) is 2. The van der Waals surface area contributed by atoms with Crippen LogP contribution >= 0.6 is 0 Å². The molecule has 0 saturated carbocycles. The van der Waals surface area contributed by atoms with Crippen LogP contribution in [0.3, 0.4) is 0 Å². The van der Waals surface area contributed by atoms with E-state index in [0.717, 1.165) is 22.5 Å². The Kier molecular flexibility index (Phi) is 3.69. The highest BCUT2D eigenvalue weighted by Gasteiger charge is 2.29. The van der Waals surface area contributed by atoms with Crippen LogP contribution < -0.4 is 10.1 Å². The fourth-order valence-corrected chi connectivity index (χ4v) is 4.39. The standard InChI is InChI=1S/C24H23N3O/c1-14-11-15(2)23-20(12-14)21-13-16(3)26-27(21)24(25-23)19-9-10-22(28-4)18-8-6-5-7-17(18)19/h5-13,24-25H,1-4H3. The largest absolute Gasteiger partial charge is 0.496 e. The number of hydrogen-bond acceptors (Lipinski definition) is 3. The lowest BCUT2D eigenvalue weighted by Crippen LogP contribution is -2.26. The normalized spacial score (nSPS) is 15.1. The lowest BCUT2D eigenvalue weighted by molar-refractivity contribution is 0.419. The summed E-state index contributed by atoms with van der Waals surface area (Å²) in [6, 6.07) is 19.2. The molecule has 4 nitrogen and oxygen atoms in total. The van der Waals surface area contributed by atoms with Crippen molar-refractivity contribution in [3.05, 3.63) is 77.0 Å². The first-order chi connectivity index (χ1) is 13.6. The van der Waals surface area contributed by atoms with Crippen LogP contribution in [0.1, 0.15) is 28.6 Å². The summed E-state index contributed by atoms with van der Waals surface area (Å²) in [6.07, 6.45) is -0.0755. The van der Waals surface area contributed by atoms with Gasteiger partial charge in [-0.3, -0.25) is 0 Å². The minimum atomic E-state index is -0.0755. The highest BCUT2D eigenvalue weighted by Crippen LogP contribution is 2.43. The van der Waals surface area contributed by atoms with Crippen molar-refractivity contribution in [2.75, 3.05) is 12.4 Å². The molecule has 0 aliphatic carbocycles. The Hall–Kier alpha value is -3.27. The SMILES string of the molecule is COc1ccc(C2Nc3c(C)cc(C)cc3-c3cc(C)nn32)c2ccccc12. The van der Waals surface area contributed by atoms with Crippen LogP contribution in [-0.2, 0) is 0 Å². The van der Waals surface area contributed by atoms with Crippen molar-refractivity contribution in [1.82, 2.24) is 9.78 Å². The molecule has 1 aliphatic rings. The van der Waals surface area contributed by atoms with Crippen molar-refractivity contribution in [2.45, 2.75) is 26.9 Å². The second kappa shape index (κ2) is 6.13. The zero-order valence-electron chi connectivity index (χ0n) is 16.6. The molecule has 1 aliphatic heterocycles. The van der Waals surface area contributed by atoms with E-state index in [-0.39, 0.29) is 6.17 Å². The maximum atomic E-state index is 5.59. The molecule has 28 heavy (non-hydrogen) atoms. The molecule has 1 N–H and O–H groups in total. The van der Waals surface area contributed by atoms with Gasteiger partial charge in [0.25, 0.3) is 0 Å². The Morgan fingerprint density at radius 2 is 1.75 bits per heavy atom. The highest BCUT2D eigenvalue weighted by molar-refractivity contribution is 5.92. The zero-order chi connectivity index (χ0) is 19.4. The van der Waals surface area contributed by atoms with Gasteiger partial charge in [-0.2, -0.15) is 5.10 Å². The van der Waals surface area contributed by atoms with E-state index in [2.05, 4.69) is 79.3 Å². The Morgan fingerprint density at radius 3 is 2.54 bits per heavy atom. The van der Waals surface area contributed by atoms with E-state index in [4.69, 9.17) is 9.84 Å². The molecule has 0 spiro atoms. The third kappa shape index (κ3) is 2.41. The molecule has 0 fully saturated rings. The molecule has 1 atom stereocenters. The molecule has 1 aromatic heterocycles. The van der Waals surface area contributed by atoms with Crippen LogP contribution in [0, 0.1) is 20.8 Å². The fraction of sp³-hybridized carbons (Fsp3) is 0.208. The van der Waals surface area contributed by atoms with Crippen molar-refractivity contribution in [3.63, 3.8) is 0 Å². The van der Waals surface area contributed by atoms with E-state index in [1.807, 2.05) is 6.07 Å². The molecule has 0 radical (unpaired) electrons. The molecule has 0 amide bonds. The minimum Gasteiger partial charge on any atom is -0.496 e. The zero-order valence-corrected chi connectivity index (χ0v) is 16.6. The van der Waals surface area contributed by atoms with Crippen LogP contribution in [0.5, 0.6) is 5.75 Å². The van der Waals surface area contributed by atoms with Crippen LogP contribution in [0.4, 0.5) is 5.69 Å². The Balaban J connectivity index is 1.78. The molecule has 1 unspecified atom stereocenters. The number of methoxy groups -OCH3 is 1. The Morgan fingerprint density at radius 1 is 0.964 bits per heavy atom. The molecule has 140 valence electrons. The average molecular weight is 369 g/mol. The summed E-state index contributed by atoms with van der Waals surface area (Å²) in [4.78, 5) is 0. The van der Waals surface area contributed by atoms with Crippen LogP contribution in [-0.4, -0.2) is 16.9 Å². The van der Waals surface area contributed by atoms with Crippen molar-refractivity contribution in [2.24, 2.45) is 0 Å². The first-order valence-electron chi connectivity index (χ1n) is 9.57. The van der Waals surface area contributed by atoms with Crippen molar-refractivity contribution in [1.29, 1.82) is 0 Å². The number of anilines is 1. The molecular weight excluding hydrogens is 346 g/mol. The number of benzene rings is 3. The lowest BCUT2D eigenvalue weighted by Gasteiger charge is -2.31. The topological polar surface area (TPSA) is 39.1 Å². The number of aromatic nitrogens is 2. The third-order valence-corrected chi connectivity index (χ3v) is 5.57. The molecule has 2 heterocycles. The maximum absolute atomic E-state index is 5.59. The highest BCUT2D eigenvalue weighted by atomic mass is 16.5. The summed E-state index contributed by atoms with van der Waals surface area (Å²) in [5.74, 6) is 0.888. The van der Waals surface area contributed by atoms with Gasteiger partial charge in [0.05, 0.1) is 18.5 Å². The summed E-state index contributed by atoms with van der Waals surface area (Å²) in [5.41, 5.74) is 8.27. The first kappa shape index (κ1) is 16.9. The summed E-state index contributed by atoms with van der Waals surface area (Å²) >= 11 is 0. The number of hydrogen-bond donors (Lipinski definition) is 1. The molecule has 0 bridgehead atoms. The van der Waals surface area contributed by atoms with Crippen LogP contribution in [0.15, 0.2) is 54.6 Å². The first-order valence-corrected chi connectivity index (χ1v) is 9.57. The van der Waals surface area contributed by atoms with Gasteiger partial charge in [0.2, 0.25) is 0 Å². The number of fused-ring (bicyclic) bond motifs is 4. The van der Waals surface area contributed by atoms with Crippen LogP contribution in [0.25, 0.3) is 22.0 Å². The molecule has 5 rings (SSSR count). The molecular formula is C24H23N3O. The number of aryl methyl sites for hydroxylation is 3. The second-order valence-electron chi connectivity index (χ2n) is 7.57. The van der Waals surface area contributed by atoms with E-state index >= 15 is 0 Å². The van der Waals surface area contributed by atoms with Crippen molar-refractivity contribution >= 4 is 16.5 Å². The fourth-order valence-electron chi connectivity index (χ4n) is 4.39. The minimum absolute atomic E-state index is 0.0755. The Labute approximate surface area is 164 Å². The quantitative estimate of drug-likeness (QED) is 0.499. The van der Waals surface area contributed by atoms with Gasteiger partial charge in [-0.1, -0.05) is 42.0 Å². The lowest BCUT2D eigenvalue weighted by atomic mass is 9.96. The summed E-state index contributed by atoms with van der Waals surface area (Å²) in [7, 11) is 1.72. The molecule has 3 aromatic carbocycles. The van der Waals surface area contributed by atoms with Gasteiger partial charge in [0.15, 0.2) is 0 Å². The summed E-state index contributed by atoms with van der Waals surface area (Å²) in [6.45, 7) is 6.36. The smallest absolute Gasteiger partial charge is 0.147 e. The average Bonchev–Trinajstić information content (AvgIpc) is 3.08. The van der Waals surface area contributed by atoms with E-state index < -0.39 is 0 Å². The second-order valence-corrected chi connectivity index (χ2v) is 7.57.